The van der Waals surface area contributed by atoms with Crippen molar-refractivity contribution in [1.29, 1.82) is 0 Å². The Balaban J connectivity index is 2.09. The topological polar surface area (TPSA) is 105 Å². The van der Waals surface area contributed by atoms with Crippen molar-refractivity contribution in [3.05, 3.63) is 82.3 Å². The number of hydrogen-bond acceptors (Lipinski definition) is 6. The first-order valence-corrected chi connectivity index (χ1v) is 16.3. The molecule has 0 spiro atoms. The van der Waals surface area contributed by atoms with E-state index in [-0.39, 0.29) is 23.4 Å². The summed E-state index contributed by atoms with van der Waals surface area (Å²) in [6.07, 6.45) is 1.06. The molecule has 2 amide bonds. The summed E-state index contributed by atoms with van der Waals surface area (Å²) in [5.41, 5.74) is 2.00. The molecule has 11 heteroatoms. The highest BCUT2D eigenvalue weighted by Gasteiger charge is 2.34. The molecular formula is C32H40BrN3O6S. The van der Waals surface area contributed by atoms with E-state index in [1.807, 2.05) is 39.8 Å². The molecule has 3 aromatic rings. The Bertz CT molecular complexity index is 1510. The Kier molecular flexibility index (Phi) is 12.0. The molecule has 2 atom stereocenters. The Labute approximate surface area is 263 Å². The molecule has 2 unspecified atom stereocenters. The molecule has 9 nitrogen and oxygen atoms in total. The van der Waals surface area contributed by atoms with E-state index in [1.165, 1.54) is 24.1 Å². The fourth-order valence-corrected chi connectivity index (χ4v) is 6.64. The van der Waals surface area contributed by atoms with Crippen molar-refractivity contribution < 1.29 is 27.5 Å². The molecule has 3 aromatic carbocycles. The van der Waals surface area contributed by atoms with E-state index in [4.69, 9.17) is 9.47 Å². The van der Waals surface area contributed by atoms with Crippen LogP contribution in [0.2, 0.25) is 0 Å². The van der Waals surface area contributed by atoms with Crippen molar-refractivity contribution >= 4 is 43.5 Å². The van der Waals surface area contributed by atoms with Gasteiger partial charge in [0.05, 0.1) is 29.3 Å². The number of carbonyl (C=O) groups excluding carboxylic acids is 2. The van der Waals surface area contributed by atoms with Gasteiger partial charge in [0.1, 0.15) is 24.1 Å². The molecule has 0 aliphatic rings. The summed E-state index contributed by atoms with van der Waals surface area (Å²) >= 11 is 3.37. The van der Waals surface area contributed by atoms with Crippen LogP contribution < -0.4 is 19.1 Å². The normalized spacial score (nSPS) is 12.6. The minimum Gasteiger partial charge on any atom is -0.497 e. The first-order valence-electron chi connectivity index (χ1n) is 14.1. The summed E-state index contributed by atoms with van der Waals surface area (Å²) in [5.74, 6) is 0.262. The Morgan fingerprint density at radius 2 is 1.65 bits per heavy atom. The average Bonchev–Trinajstić information content (AvgIpc) is 3.00. The number of hydrogen-bond donors (Lipinski definition) is 1. The average molecular weight is 675 g/mol. The van der Waals surface area contributed by atoms with Gasteiger partial charge >= 0.3 is 0 Å². The maximum absolute atomic E-state index is 14.2. The minimum absolute atomic E-state index is 0.0190. The number of nitrogens with zero attached hydrogens (tertiary/aromatic N) is 2. The highest BCUT2D eigenvalue weighted by atomic mass is 79.9. The van der Waals surface area contributed by atoms with Crippen molar-refractivity contribution in [2.75, 3.05) is 25.1 Å². The standard InChI is InChI=1S/C32H40BrN3O6S/c1-7-23(4)34-32(38)29(8-2)35(20-24-10-9-11-26(18-24)41-5)31(37)21-36(25-14-12-22(3)13-15-25)43(39,40)27-16-17-30(42-6)28(33)19-27/h9-19,23,29H,7-8,20-21H2,1-6H3,(H,34,38). The number of halogens is 1. The fraction of sp³-hybridized carbons (Fsp3) is 0.375. The maximum Gasteiger partial charge on any atom is 0.264 e. The molecule has 0 saturated heterocycles. The molecule has 0 bridgehead atoms. The van der Waals surface area contributed by atoms with E-state index in [0.717, 1.165) is 21.9 Å². The Hall–Kier alpha value is -3.57. The van der Waals surface area contributed by atoms with Gasteiger partial charge in [0.2, 0.25) is 11.8 Å². The van der Waals surface area contributed by atoms with Crippen molar-refractivity contribution in [1.82, 2.24) is 10.2 Å². The predicted molar refractivity (Wildman–Crippen MR) is 172 cm³/mol. The summed E-state index contributed by atoms with van der Waals surface area (Å²) in [7, 11) is -1.18. The van der Waals surface area contributed by atoms with Gasteiger partial charge in [0.15, 0.2) is 0 Å². The zero-order chi connectivity index (χ0) is 31.7. The molecule has 0 fully saturated rings. The van der Waals surface area contributed by atoms with Gasteiger partial charge in [-0.1, -0.05) is 43.7 Å². The van der Waals surface area contributed by atoms with Gasteiger partial charge in [0, 0.05) is 12.6 Å². The number of benzene rings is 3. The van der Waals surface area contributed by atoms with E-state index in [2.05, 4.69) is 21.2 Å². The molecule has 232 valence electrons. The summed E-state index contributed by atoms with van der Waals surface area (Å²) in [6, 6.07) is 17.7. The number of nitrogens with one attached hydrogen (secondary N) is 1. The second-order valence-corrected chi connectivity index (χ2v) is 13.0. The number of aryl methyl sites for hydroxylation is 1. The number of anilines is 1. The van der Waals surface area contributed by atoms with Crippen LogP contribution in [0.5, 0.6) is 11.5 Å². The van der Waals surface area contributed by atoms with Gasteiger partial charge in [-0.25, -0.2) is 8.42 Å². The van der Waals surface area contributed by atoms with E-state index in [9.17, 15) is 18.0 Å². The third-order valence-electron chi connectivity index (χ3n) is 7.19. The molecule has 0 aromatic heterocycles. The number of rotatable bonds is 14. The van der Waals surface area contributed by atoms with Crippen LogP contribution in [0, 0.1) is 6.92 Å². The zero-order valence-corrected chi connectivity index (χ0v) is 27.9. The van der Waals surface area contributed by atoms with Gasteiger partial charge in [-0.15, -0.1) is 0 Å². The molecule has 0 aliphatic carbocycles. The van der Waals surface area contributed by atoms with Crippen LogP contribution >= 0.6 is 15.9 Å². The smallest absolute Gasteiger partial charge is 0.264 e. The predicted octanol–water partition coefficient (Wildman–Crippen LogP) is 5.69. The van der Waals surface area contributed by atoms with Gasteiger partial charge in [-0.05, 0) is 90.6 Å². The summed E-state index contributed by atoms with van der Waals surface area (Å²) < 4.78 is 40.4. The van der Waals surface area contributed by atoms with Crippen LogP contribution in [0.25, 0.3) is 0 Å². The lowest BCUT2D eigenvalue weighted by Crippen LogP contribution is -2.53. The fourth-order valence-electron chi connectivity index (χ4n) is 4.50. The van der Waals surface area contributed by atoms with Crippen LogP contribution in [-0.4, -0.2) is 58.0 Å². The molecule has 43 heavy (non-hydrogen) atoms. The van der Waals surface area contributed by atoms with Crippen LogP contribution in [0.15, 0.2) is 76.1 Å². The molecular weight excluding hydrogens is 634 g/mol. The summed E-state index contributed by atoms with van der Waals surface area (Å²) in [6.45, 7) is 7.15. The number of amides is 2. The quantitative estimate of drug-likeness (QED) is 0.236. The molecule has 0 aliphatic heterocycles. The first-order chi connectivity index (χ1) is 20.4. The van der Waals surface area contributed by atoms with Gasteiger partial charge in [-0.3, -0.25) is 13.9 Å². The number of methoxy groups -OCH3 is 2. The van der Waals surface area contributed by atoms with Crippen LogP contribution in [0.1, 0.15) is 44.7 Å². The lowest BCUT2D eigenvalue weighted by molar-refractivity contribution is -0.140. The Morgan fingerprint density at radius 1 is 0.953 bits per heavy atom. The van der Waals surface area contributed by atoms with Crippen molar-refractivity contribution in [2.45, 2.75) is 64.1 Å². The number of ether oxygens (including phenoxy) is 2. The first kappa shape index (κ1) is 33.9. The van der Waals surface area contributed by atoms with E-state index < -0.39 is 28.5 Å². The highest BCUT2D eigenvalue weighted by Crippen LogP contribution is 2.31. The second kappa shape index (κ2) is 15.2. The molecule has 1 N–H and O–H groups in total. The lowest BCUT2D eigenvalue weighted by Gasteiger charge is -2.33. The number of sulfonamides is 1. The number of carbonyl (C=O) groups is 2. The zero-order valence-electron chi connectivity index (χ0n) is 25.5. The molecule has 0 heterocycles. The largest absolute Gasteiger partial charge is 0.497 e. The molecule has 3 rings (SSSR count). The second-order valence-electron chi connectivity index (χ2n) is 10.3. The maximum atomic E-state index is 14.2. The monoisotopic (exact) mass is 673 g/mol. The van der Waals surface area contributed by atoms with Crippen molar-refractivity contribution in [3.63, 3.8) is 0 Å². The van der Waals surface area contributed by atoms with E-state index >= 15 is 0 Å². The molecule has 0 saturated carbocycles. The van der Waals surface area contributed by atoms with Gasteiger partial charge in [0.25, 0.3) is 10.0 Å². The highest BCUT2D eigenvalue weighted by molar-refractivity contribution is 9.10. The summed E-state index contributed by atoms with van der Waals surface area (Å²) in [4.78, 5) is 29.1. The van der Waals surface area contributed by atoms with E-state index in [1.54, 1.807) is 49.6 Å². The van der Waals surface area contributed by atoms with Crippen LogP contribution in [-0.2, 0) is 26.2 Å². The van der Waals surface area contributed by atoms with Crippen molar-refractivity contribution in [2.24, 2.45) is 0 Å². The van der Waals surface area contributed by atoms with Gasteiger partial charge < -0.3 is 19.7 Å². The summed E-state index contributed by atoms with van der Waals surface area (Å²) in [5, 5.41) is 2.98. The van der Waals surface area contributed by atoms with Crippen LogP contribution in [0.3, 0.4) is 0 Å². The van der Waals surface area contributed by atoms with Crippen molar-refractivity contribution in [3.8, 4) is 11.5 Å². The lowest BCUT2D eigenvalue weighted by atomic mass is 10.1. The molecule has 0 radical (unpaired) electrons. The third-order valence-corrected chi connectivity index (χ3v) is 9.58. The minimum atomic E-state index is -4.22. The Morgan fingerprint density at radius 3 is 2.23 bits per heavy atom. The van der Waals surface area contributed by atoms with Crippen LogP contribution in [0.4, 0.5) is 5.69 Å². The van der Waals surface area contributed by atoms with E-state index in [0.29, 0.717) is 28.1 Å². The SMILES string of the molecule is CCC(C)NC(=O)C(CC)N(Cc1cccc(OC)c1)C(=O)CN(c1ccc(C)cc1)S(=O)(=O)c1ccc(OC)c(Br)c1. The third kappa shape index (κ3) is 8.51. The van der Waals surface area contributed by atoms with Gasteiger partial charge in [-0.2, -0.15) is 0 Å².